The van der Waals surface area contributed by atoms with E-state index in [9.17, 15) is 13.2 Å². The molecular weight excluding hydrogens is 193 g/mol. The maximum atomic E-state index is 12.9. The molecule has 0 bridgehead atoms. The molecule has 1 rings (SSSR count). The minimum absolute atomic E-state index is 0.101. The van der Waals surface area contributed by atoms with Crippen LogP contribution in [-0.2, 0) is 0 Å². The summed E-state index contributed by atoms with van der Waals surface area (Å²) in [5.74, 6) is -0.594. The van der Waals surface area contributed by atoms with Gasteiger partial charge in [-0.25, -0.2) is 13.2 Å². The van der Waals surface area contributed by atoms with E-state index in [1.54, 1.807) is 0 Å². The molecule has 5 heteroatoms. The first-order valence-corrected chi connectivity index (χ1v) is 4.05. The second kappa shape index (κ2) is 4.21. The number of hydrogen-bond donors (Lipinski definition) is 1. The van der Waals surface area contributed by atoms with E-state index in [4.69, 9.17) is 5.73 Å². The third-order valence-electron chi connectivity index (χ3n) is 1.85. The van der Waals surface area contributed by atoms with Gasteiger partial charge in [-0.3, -0.25) is 0 Å². The van der Waals surface area contributed by atoms with E-state index in [0.29, 0.717) is 0 Å². The number of nitrogen functional groups attached to an aromatic ring is 1. The van der Waals surface area contributed by atoms with E-state index in [1.165, 1.54) is 30.1 Å². The molecule has 2 N–H and O–H groups in total. The number of halogens is 3. The van der Waals surface area contributed by atoms with E-state index in [-0.39, 0.29) is 11.4 Å². The summed E-state index contributed by atoms with van der Waals surface area (Å²) in [6, 6.07) is 4.12. The fourth-order valence-electron chi connectivity index (χ4n) is 1.16. The molecule has 2 nitrogen and oxygen atoms in total. The summed E-state index contributed by atoms with van der Waals surface area (Å²) in [6.45, 7) is -0.465. The minimum Gasteiger partial charge on any atom is -0.395 e. The van der Waals surface area contributed by atoms with Crippen LogP contribution in [0.5, 0.6) is 0 Å². The van der Waals surface area contributed by atoms with Gasteiger partial charge in [-0.1, -0.05) is 6.07 Å². The van der Waals surface area contributed by atoms with Crippen molar-refractivity contribution in [3.8, 4) is 0 Å². The zero-order chi connectivity index (χ0) is 10.7. The Balaban J connectivity index is 2.89. The number of rotatable bonds is 3. The molecule has 0 aliphatic heterocycles. The standard InChI is InChI=1S/C9H11F3N2/c1-14(5-8(11)12)7-4-2-3-6(10)9(7)13/h2-4,8H,5,13H2,1H3. The Morgan fingerprint density at radius 1 is 1.43 bits per heavy atom. The Kier molecular flexibility index (Phi) is 3.22. The minimum atomic E-state index is -2.47. The van der Waals surface area contributed by atoms with Crippen molar-refractivity contribution < 1.29 is 13.2 Å². The van der Waals surface area contributed by atoms with Crippen molar-refractivity contribution in [2.24, 2.45) is 0 Å². The van der Waals surface area contributed by atoms with Crippen LogP contribution in [-0.4, -0.2) is 20.0 Å². The largest absolute Gasteiger partial charge is 0.395 e. The lowest BCUT2D eigenvalue weighted by Crippen LogP contribution is -2.25. The summed E-state index contributed by atoms with van der Waals surface area (Å²) in [7, 11) is 1.44. The van der Waals surface area contributed by atoms with Crippen molar-refractivity contribution in [2.45, 2.75) is 6.43 Å². The Hall–Kier alpha value is -1.39. The Morgan fingerprint density at radius 3 is 2.64 bits per heavy atom. The monoisotopic (exact) mass is 204 g/mol. The number of nitrogens with zero attached hydrogens (tertiary/aromatic N) is 1. The van der Waals surface area contributed by atoms with Crippen LogP contribution in [0.2, 0.25) is 0 Å². The molecule has 0 aliphatic carbocycles. The summed E-state index contributed by atoms with van der Waals surface area (Å²) in [5, 5.41) is 0. The van der Waals surface area contributed by atoms with Gasteiger partial charge >= 0.3 is 0 Å². The summed E-state index contributed by atoms with van der Waals surface area (Å²) >= 11 is 0. The first-order chi connectivity index (χ1) is 6.52. The summed E-state index contributed by atoms with van der Waals surface area (Å²) in [4.78, 5) is 1.23. The Morgan fingerprint density at radius 2 is 2.07 bits per heavy atom. The van der Waals surface area contributed by atoms with Gasteiger partial charge in [0.15, 0.2) is 0 Å². The van der Waals surface area contributed by atoms with Gasteiger partial charge in [0, 0.05) is 7.05 Å². The number of para-hydroxylation sites is 1. The van der Waals surface area contributed by atoms with Crippen molar-refractivity contribution in [1.82, 2.24) is 0 Å². The lowest BCUT2D eigenvalue weighted by molar-refractivity contribution is 0.156. The molecule has 78 valence electrons. The van der Waals surface area contributed by atoms with Gasteiger partial charge in [0.05, 0.1) is 17.9 Å². The Bertz CT molecular complexity index is 315. The lowest BCUT2D eigenvalue weighted by atomic mass is 10.2. The molecule has 0 atom stereocenters. The molecule has 0 amide bonds. The average molecular weight is 204 g/mol. The van der Waals surface area contributed by atoms with Gasteiger partial charge in [-0.05, 0) is 12.1 Å². The number of hydrogen-bond acceptors (Lipinski definition) is 2. The molecule has 0 spiro atoms. The SMILES string of the molecule is CN(CC(F)F)c1cccc(F)c1N. The average Bonchev–Trinajstić information content (AvgIpc) is 2.08. The molecule has 0 fully saturated rings. The van der Waals surface area contributed by atoms with Gasteiger partial charge in [0.1, 0.15) is 5.82 Å². The first-order valence-electron chi connectivity index (χ1n) is 4.05. The van der Waals surface area contributed by atoms with E-state index in [0.717, 1.165) is 0 Å². The molecule has 1 aromatic rings. The third kappa shape index (κ3) is 2.31. The van der Waals surface area contributed by atoms with E-state index in [1.807, 2.05) is 0 Å². The zero-order valence-electron chi connectivity index (χ0n) is 7.67. The van der Waals surface area contributed by atoms with Gasteiger partial charge in [-0.2, -0.15) is 0 Å². The normalized spacial score (nSPS) is 10.6. The van der Waals surface area contributed by atoms with Gasteiger partial charge in [-0.15, -0.1) is 0 Å². The molecule has 1 aromatic carbocycles. The predicted molar refractivity (Wildman–Crippen MR) is 50.1 cm³/mol. The number of alkyl halides is 2. The summed E-state index contributed by atoms with van der Waals surface area (Å²) in [6.07, 6.45) is -2.47. The van der Waals surface area contributed by atoms with Crippen molar-refractivity contribution in [2.75, 3.05) is 24.2 Å². The second-order valence-electron chi connectivity index (χ2n) is 2.94. The fourth-order valence-corrected chi connectivity index (χ4v) is 1.16. The summed E-state index contributed by atoms with van der Waals surface area (Å²) in [5.41, 5.74) is 5.58. The lowest BCUT2D eigenvalue weighted by Gasteiger charge is -2.20. The number of nitrogens with two attached hydrogens (primary N) is 1. The van der Waals surface area contributed by atoms with Gasteiger partial charge in [0.2, 0.25) is 0 Å². The third-order valence-corrected chi connectivity index (χ3v) is 1.85. The molecule has 0 radical (unpaired) electrons. The molecule has 0 aliphatic rings. The molecule has 0 saturated carbocycles. The molecular formula is C9H11F3N2. The van der Waals surface area contributed by atoms with E-state index in [2.05, 4.69) is 0 Å². The Labute approximate surface area is 80.1 Å². The van der Waals surface area contributed by atoms with Crippen LogP contribution in [0.3, 0.4) is 0 Å². The van der Waals surface area contributed by atoms with Crippen LogP contribution in [0.1, 0.15) is 0 Å². The maximum Gasteiger partial charge on any atom is 0.255 e. The molecule has 0 unspecified atom stereocenters. The van der Waals surface area contributed by atoms with Crippen LogP contribution in [0.15, 0.2) is 18.2 Å². The highest BCUT2D eigenvalue weighted by atomic mass is 19.3. The number of anilines is 2. The van der Waals surface area contributed by atoms with Gasteiger partial charge in [0.25, 0.3) is 6.43 Å². The van der Waals surface area contributed by atoms with Crippen molar-refractivity contribution >= 4 is 11.4 Å². The van der Waals surface area contributed by atoms with Crippen LogP contribution in [0.4, 0.5) is 24.5 Å². The molecule has 0 saturated heterocycles. The smallest absolute Gasteiger partial charge is 0.255 e. The van der Waals surface area contributed by atoms with Crippen LogP contribution in [0.25, 0.3) is 0 Å². The van der Waals surface area contributed by atoms with Crippen molar-refractivity contribution in [3.63, 3.8) is 0 Å². The van der Waals surface area contributed by atoms with E-state index >= 15 is 0 Å². The van der Waals surface area contributed by atoms with E-state index < -0.39 is 18.8 Å². The summed E-state index contributed by atoms with van der Waals surface area (Å²) < 4.78 is 37.0. The van der Waals surface area contributed by atoms with Crippen LogP contribution < -0.4 is 10.6 Å². The zero-order valence-corrected chi connectivity index (χ0v) is 7.67. The van der Waals surface area contributed by atoms with Crippen LogP contribution >= 0.6 is 0 Å². The first kappa shape index (κ1) is 10.7. The van der Waals surface area contributed by atoms with Crippen molar-refractivity contribution in [1.29, 1.82) is 0 Å². The highest BCUT2D eigenvalue weighted by Gasteiger charge is 2.12. The topological polar surface area (TPSA) is 29.3 Å². The second-order valence-corrected chi connectivity index (χ2v) is 2.94. The highest BCUT2D eigenvalue weighted by molar-refractivity contribution is 5.67. The molecule has 0 heterocycles. The number of benzene rings is 1. The highest BCUT2D eigenvalue weighted by Crippen LogP contribution is 2.24. The predicted octanol–water partition coefficient (Wildman–Crippen LogP) is 2.11. The quantitative estimate of drug-likeness (QED) is 0.764. The fraction of sp³-hybridized carbons (Fsp3) is 0.333. The molecule has 14 heavy (non-hydrogen) atoms. The van der Waals surface area contributed by atoms with Gasteiger partial charge < -0.3 is 10.6 Å². The van der Waals surface area contributed by atoms with Crippen LogP contribution in [0, 0.1) is 5.82 Å². The maximum absolute atomic E-state index is 12.9. The molecule has 0 aromatic heterocycles. The van der Waals surface area contributed by atoms with Crippen molar-refractivity contribution in [3.05, 3.63) is 24.0 Å².